The van der Waals surface area contributed by atoms with Gasteiger partial charge in [0.25, 0.3) is 0 Å². The van der Waals surface area contributed by atoms with Gasteiger partial charge in [-0.25, -0.2) is 0 Å². The van der Waals surface area contributed by atoms with Crippen molar-refractivity contribution in [1.82, 2.24) is 10.2 Å². The Bertz CT molecular complexity index is 876. The number of nitrogens with one attached hydrogen (secondary N) is 1. The minimum absolute atomic E-state index is 0.0855. The molecular weight excluding hydrogens is 439 g/mol. The molecule has 0 aromatic heterocycles. The van der Waals surface area contributed by atoms with E-state index < -0.39 is 6.04 Å². The first kappa shape index (κ1) is 24.6. The van der Waals surface area contributed by atoms with Crippen molar-refractivity contribution in [3.05, 3.63) is 69.2 Å². The van der Waals surface area contributed by atoms with E-state index in [1.54, 1.807) is 34.9 Å². The van der Waals surface area contributed by atoms with Crippen LogP contribution in [0.2, 0.25) is 10.0 Å². The number of carbonyl (C=O) groups excluding carboxylic acids is 2. The van der Waals surface area contributed by atoms with Crippen LogP contribution in [-0.4, -0.2) is 35.1 Å². The zero-order chi connectivity index (χ0) is 22.1. The molecule has 0 saturated carbocycles. The lowest BCUT2D eigenvalue weighted by Gasteiger charge is -2.30. The maximum Gasteiger partial charge on any atom is 0.242 e. The third kappa shape index (κ3) is 6.93. The summed E-state index contributed by atoms with van der Waals surface area (Å²) in [4.78, 5) is 27.4. The molecule has 30 heavy (non-hydrogen) atoms. The molecule has 0 fully saturated rings. The molecule has 0 heterocycles. The summed E-state index contributed by atoms with van der Waals surface area (Å²) in [6.45, 7) is 6.61. The van der Waals surface area contributed by atoms with E-state index in [4.69, 9.17) is 23.2 Å². The number of carbonyl (C=O) groups is 2. The van der Waals surface area contributed by atoms with Crippen LogP contribution in [0.3, 0.4) is 0 Å². The van der Waals surface area contributed by atoms with Crippen LogP contribution in [0, 0.1) is 6.92 Å². The normalized spacial score (nSPS) is 11.8. The number of likely N-dealkylation sites (N-methyl/N-ethyl adjacent to an activating group) is 1. The van der Waals surface area contributed by atoms with E-state index in [1.165, 1.54) is 11.1 Å². The van der Waals surface area contributed by atoms with E-state index in [0.717, 1.165) is 11.3 Å². The van der Waals surface area contributed by atoms with Gasteiger partial charge in [0.2, 0.25) is 11.8 Å². The Labute approximate surface area is 193 Å². The molecule has 1 N–H and O–H groups in total. The minimum atomic E-state index is -0.553. The maximum atomic E-state index is 13.2. The van der Waals surface area contributed by atoms with Crippen LogP contribution in [0.1, 0.15) is 37.0 Å². The molecule has 0 aliphatic rings. The van der Waals surface area contributed by atoms with E-state index in [9.17, 15) is 9.59 Å². The standard InChI is InChI=1S/C23H28Cl2N2O2S/c1-4-21(23(29)26-5-2)27(13-17-10-11-19(24)12-20(17)25)22(28)15-30-14-18-9-7-6-8-16(18)3/h6-12,21H,4-5,13-15H2,1-3H3,(H,26,29)/t21-/m1/s1. The summed E-state index contributed by atoms with van der Waals surface area (Å²) in [6, 6.07) is 12.8. The van der Waals surface area contributed by atoms with Gasteiger partial charge in [-0.1, -0.05) is 60.5 Å². The van der Waals surface area contributed by atoms with Crippen LogP contribution >= 0.6 is 35.0 Å². The molecule has 2 aromatic carbocycles. The van der Waals surface area contributed by atoms with Gasteiger partial charge in [-0.05, 0) is 49.1 Å². The summed E-state index contributed by atoms with van der Waals surface area (Å²) in [7, 11) is 0. The second-order valence-corrected chi connectivity index (χ2v) is 8.82. The molecule has 2 rings (SSSR count). The van der Waals surface area contributed by atoms with Crippen LogP contribution in [-0.2, 0) is 21.9 Å². The van der Waals surface area contributed by atoms with Crippen LogP contribution < -0.4 is 5.32 Å². The van der Waals surface area contributed by atoms with Crippen molar-refractivity contribution in [2.75, 3.05) is 12.3 Å². The summed E-state index contributed by atoms with van der Waals surface area (Å²) in [5, 5.41) is 3.86. The zero-order valence-corrected chi connectivity index (χ0v) is 19.9. The van der Waals surface area contributed by atoms with Gasteiger partial charge in [-0.15, -0.1) is 11.8 Å². The van der Waals surface area contributed by atoms with E-state index in [1.807, 2.05) is 26.0 Å². The smallest absolute Gasteiger partial charge is 0.242 e. The Morgan fingerprint density at radius 2 is 1.83 bits per heavy atom. The van der Waals surface area contributed by atoms with Gasteiger partial charge < -0.3 is 10.2 Å². The van der Waals surface area contributed by atoms with E-state index in [0.29, 0.717) is 23.0 Å². The van der Waals surface area contributed by atoms with Crippen molar-refractivity contribution in [3.63, 3.8) is 0 Å². The van der Waals surface area contributed by atoms with Gasteiger partial charge in [-0.2, -0.15) is 0 Å². The predicted molar refractivity (Wildman–Crippen MR) is 127 cm³/mol. The summed E-state index contributed by atoms with van der Waals surface area (Å²) >= 11 is 13.9. The number of nitrogens with zero attached hydrogens (tertiary/aromatic N) is 1. The van der Waals surface area contributed by atoms with Gasteiger partial charge in [-0.3, -0.25) is 9.59 Å². The van der Waals surface area contributed by atoms with Crippen molar-refractivity contribution in [1.29, 1.82) is 0 Å². The number of aryl methyl sites for hydroxylation is 1. The van der Waals surface area contributed by atoms with Gasteiger partial charge in [0.05, 0.1) is 5.75 Å². The molecule has 0 radical (unpaired) electrons. The first-order valence-electron chi connectivity index (χ1n) is 10.0. The van der Waals surface area contributed by atoms with Gasteiger partial charge in [0.1, 0.15) is 6.04 Å². The molecule has 162 valence electrons. The van der Waals surface area contributed by atoms with Crippen LogP contribution in [0.5, 0.6) is 0 Å². The fourth-order valence-electron chi connectivity index (χ4n) is 3.15. The lowest BCUT2D eigenvalue weighted by Crippen LogP contribution is -2.49. The molecule has 0 unspecified atom stereocenters. The summed E-state index contributed by atoms with van der Waals surface area (Å²) in [6.07, 6.45) is 0.519. The number of benzene rings is 2. The van der Waals surface area contributed by atoms with E-state index >= 15 is 0 Å². The predicted octanol–water partition coefficient (Wildman–Crippen LogP) is 5.48. The van der Waals surface area contributed by atoms with Gasteiger partial charge in [0.15, 0.2) is 0 Å². The molecule has 0 spiro atoms. The molecule has 2 aromatic rings. The number of rotatable bonds is 10. The second-order valence-electron chi connectivity index (χ2n) is 7.00. The van der Waals surface area contributed by atoms with Gasteiger partial charge in [0, 0.05) is 28.9 Å². The summed E-state index contributed by atoms with van der Waals surface area (Å²) in [5.41, 5.74) is 3.18. The van der Waals surface area contributed by atoms with Crippen LogP contribution in [0.15, 0.2) is 42.5 Å². The molecular formula is C23H28Cl2N2O2S. The Morgan fingerprint density at radius 3 is 2.47 bits per heavy atom. The highest BCUT2D eigenvalue weighted by atomic mass is 35.5. The topological polar surface area (TPSA) is 49.4 Å². The molecule has 0 bridgehead atoms. The molecule has 2 amide bonds. The molecule has 0 saturated heterocycles. The largest absolute Gasteiger partial charge is 0.355 e. The number of thioether (sulfide) groups is 1. The molecule has 1 atom stereocenters. The number of amides is 2. The van der Waals surface area contributed by atoms with Gasteiger partial charge >= 0.3 is 0 Å². The number of hydrogen-bond acceptors (Lipinski definition) is 3. The minimum Gasteiger partial charge on any atom is -0.355 e. The lowest BCUT2D eigenvalue weighted by atomic mass is 10.1. The number of halogens is 2. The fourth-order valence-corrected chi connectivity index (χ4v) is 4.60. The molecule has 0 aliphatic carbocycles. The lowest BCUT2D eigenvalue weighted by molar-refractivity contribution is -0.139. The highest BCUT2D eigenvalue weighted by Gasteiger charge is 2.28. The van der Waals surface area contributed by atoms with E-state index in [2.05, 4.69) is 24.4 Å². The first-order valence-corrected chi connectivity index (χ1v) is 11.9. The Balaban J connectivity index is 2.17. The molecule has 4 nitrogen and oxygen atoms in total. The first-order chi connectivity index (χ1) is 14.4. The van der Waals surface area contributed by atoms with E-state index in [-0.39, 0.29) is 24.1 Å². The van der Waals surface area contributed by atoms with Crippen molar-refractivity contribution in [2.45, 2.75) is 45.5 Å². The average molecular weight is 467 g/mol. The fraction of sp³-hybridized carbons (Fsp3) is 0.391. The number of hydrogen-bond donors (Lipinski definition) is 1. The van der Waals surface area contributed by atoms with Crippen LogP contribution in [0.25, 0.3) is 0 Å². The van der Waals surface area contributed by atoms with Crippen molar-refractivity contribution in [2.24, 2.45) is 0 Å². The third-order valence-electron chi connectivity index (χ3n) is 4.84. The Kier molecular flexibility index (Phi) is 10.0. The van der Waals surface area contributed by atoms with Crippen LogP contribution in [0.4, 0.5) is 0 Å². The summed E-state index contributed by atoms with van der Waals surface area (Å²) < 4.78 is 0. The molecule has 7 heteroatoms. The van der Waals surface area contributed by atoms with Crippen molar-refractivity contribution >= 4 is 46.8 Å². The Morgan fingerprint density at radius 1 is 1.10 bits per heavy atom. The quantitative estimate of drug-likeness (QED) is 0.504. The highest BCUT2D eigenvalue weighted by Crippen LogP contribution is 2.24. The zero-order valence-electron chi connectivity index (χ0n) is 17.6. The highest BCUT2D eigenvalue weighted by molar-refractivity contribution is 7.99. The Hall–Kier alpha value is -1.69. The molecule has 0 aliphatic heterocycles. The summed E-state index contributed by atoms with van der Waals surface area (Å²) in [5.74, 6) is 0.793. The third-order valence-corrected chi connectivity index (χ3v) is 6.39. The SMILES string of the molecule is CCNC(=O)[C@@H](CC)N(Cc1ccc(Cl)cc1Cl)C(=O)CSCc1ccccc1C. The second kappa shape index (κ2) is 12.2. The monoisotopic (exact) mass is 466 g/mol. The van der Waals surface area contributed by atoms with Crippen molar-refractivity contribution < 1.29 is 9.59 Å². The maximum absolute atomic E-state index is 13.2. The average Bonchev–Trinajstić information content (AvgIpc) is 2.71. The van der Waals surface area contributed by atoms with Crippen molar-refractivity contribution in [3.8, 4) is 0 Å².